The van der Waals surface area contributed by atoms with Crippen LogP contribution in [0.15, 0.2) is 34.7 Å². The Hall–Kier alpha value is -2.34. The zero-order chi connectivity index (χ0) is 16.6. The predicted octanol–water partition coefficient (Wildman–Crippen LogP) is 1.97. The summed E-state index contributed by atoms with van der Waals surface area (Å²) in [5, 5.41) is 19.9. The molecule has 6 heteroatoms. The summed E-state index contributed by atoms with van der Waals surface area (Å²) in [7, 11) is 0. The summed E-state index contributed by atoms with van der Waals surface area (Å²) >= 11 is 0. The van der Waals surface area contributed by atoms with Crippen LogP contribution in [-0.4, -0.2) is 45.7 Å². The van der Waals surface area contributed by atoms with E-state index in [4.69, 9.17) is 9.52 Å². The summed E-state index contributed by atoms with van der Waals surface area (Å²) in [6.45, 7) is 2.23. The zero-order valence-corrected chi connectivity index (χ0v) is 12.9. The molecule has 2 aromatic rings. The molecule has 1 aliphatic heterocycles. The molecule has 1 amide bonds. The number of nitrogens with zero attached hydrogens (tertiary/aromatic N) is 1. The van der Waals surface area contributed by atoms with Gasteiger partial charge in [-0.15, -0.1) is 0 Å². The van der Waals surface area contributed by atoms with Crippen LogP contribution in [-0.2, 0) is 9.59 Å². The zero-order valence-electron chi connectivity index (χ0n) is 12.9. The molecule has 2 N–H and O–H groups in total. The van der Waals surface area contributed by atoms with Gasteiger partial charge in [-0.1, -0.05) is 18.2 Å². The molecule has 0 bridgehead atoms. The van der Waals surface area contributed by atoms with Crippen molar-refractivity contribution >= 4 is 22.8 Å². The molecule has 1 unspecified atom stereocenters. The Kier molecular flexibility index (Phi) is 3.85. The number of carboxylic acids is 1. The quantitative estimate of drug-likeness (QED) is 0.903. The SMILES string of the molecule is CC(C(=O)N1CCC(O)(C(=O)O)CC1)c1cc2ccccc2o1. The minimum atomic E-state index is -1.72. The Balaban J connectivity index is 1.72. The van der Waals surface area contributed by atoms with E-state index in [0.717, 1.165) is 11.0 Å². The lowest BCUT2D eigenvalue weighted by Gasteiger charge is -2.36. The molecule has 3 rings (SSSR count). The minimum absolute atomic E-state index is 0.0426. The van der Waals surface area contributed by atoms with E-state index >= 15 is 0 Å². The molecule has 1 aromatic heterocycles. The molecule has 1 saturated heterocycles. The molecule has 2 heterocycles. The third-order valence-electron chi connectivity index (χ3n) is 4.54. The lowest BCUT2D eigenvalue weighted by molar-refractivity contribution is -0.165. The second-order valence-electron chi connectivity index (χ2n) is 6.07. The van der Waals surface area contributed by atoms with Crippen molar-refractivity contribution in [2.45, 2.75) is 31.3 Å². The number of aliphatic hydroxyl groups is 1. The van der Waals surface area contributed by atoms with Crippen LogP contribution < -0.4 is 0 Å². The summed E-state index contributed by atoms with van der Waals surface area (Å²) in [6.07, 6.45) is 0.0852. The van der Waals surface area contributed by atoms with E-state index in [-0.39, 0.29) is 31.8 Å². The molecule has 1 aromatic carbocycles. The number of hydrogen-bond acceptors (Lipinski definition) is 4. The number of furan rings is 1. The van der Waals surface area contributed by atoms with Gasteiger partial charge in [-0.2, -0.15) is 0 Å². The number of amides is 1. The van der Waals surface area contributed by atoms with Crippen molar-refractivity contribution in [2.75, 3.05) is 13.1 Å². The monoisotopic (exact) mass is 317 g/mol. The van der Waals surface area contributed by atoms with Crippen molar-refractivity contribution in [1.29, 1.82) is 0 Å². The number of benzene rings is 1. The highest BCUT2D eigenvalue weighted by molar-refractivity contribution is 5.86. The first-order valence-electron chi connectivity index (χ1n) is 7.64. The highest BCUT2D eigenvalue weighted by atomic mass is 16.4. The summed E-state index contributed by atoms with van der Waals surface area (Å²) in [4.78, 5) is 25.2. The van der Waals surface area contributed by atoms with Crippen molar-refractivity contribution in [3.05, 3.63) is 36.1 Å². The maximum absolute atomic E-state index is 12.6. The first-order chi connectivity index (χ1) is 10.9. The number of carbonyl (C=O) groups is 2. The Morgan fingerprint density at radius 2 is 1.91 bits per heavy atom. The standard InChI is InChI=1S/C17H19NO5/c1-11(14-10-12-4-2-3-5-13(12)23-14)15(19)18-8-6-17(22,7-9-18)16(20)21/h2-5,10-11,22H,6-9H2,1H3,(H,20,21). The van der Waals surface area contributed by atoms with Crippen LogP contribution in [0.1, 0.15) is 31.4 Å². The van der Waals surface area contributed by atoms with E-state index in [1.807, 2.05) is 30.3 Å². The van der Waals surface area contributed by atoms with Crippen molar-refractivity contribution in [1.82, 2.24) is 4.90 Å². The molecule has 0 saturated carbocycles. The van der Waals surface area contributed by atoms with E-state index in [1.165, 1.54) is 0 Å². The van der Waals surface area contributed by atoms with Crippen molar-refractivity contribution in [3.8, 4) is 0 Å². The number of aliphatic carboxylic acids is 1. The molecular formula is C17H19NO5. The van der Waals surface area contributed by atoms with E-state index in [2.05, 4.69) is 0 Å². The lowest BCUT2D eigenvalue weighted by atomic mass is 9.91. The Morgan fingerprint density at radius 1 is 1.26 bits per heavy atom. The normalized spacial score (nSPS) is 18.8. The van der Waals surface area contributed by atoms with Crippen LogP contribution in [0.25, 0.3) is 11.0 Å². The first kappa shape index (κ1) is 15.6. The smallest absolute Gasteiger partial charge is 0.335 e. The Labute approximate surface area is 133 Å². The fraction of sp³-hybridized carbons (Fsp3) is 0.412. The average Bonchev–Trinajstić information content (AvgIpc) is 2.98. The molecule has 1 fully saturated rings. The summed E-state index contributed by atoms with van der Waals surface area (Å²) in [5.74, 6) is -1.19. The average molecular weight is 317 g/mol. The highest BCUT2D eigenvalue weighted by Crippen LogP contribution is 2.29. The number of carbonyl (C=O) groups excluding carboxylic acids is 1. The van der Waals surface area contributed by atoms with Crippen LogP contribution in [0.2, 0.25) is 0 Å². The molecule has 122 valence electrons. The largest absolute Gasteiger partial charge is 0.479 e. The van der Waals surface area contributed by atoms with Crippen LogP contribution in [0.5, 0.6) is 0 Å². The third-order valence-corrected chi connectivity index (χ3v) is 4.54. The second kappa shape index (κ2) is 5.70. The molecular weight excluding hydrogens is 298 g/mol. The summed E-state index contributed by atoms with van der Waals surface area (Å²) in [6, 6.07) is 9.41. The van der Waals surface area contributed by atoms with Crippen LogP contribution in [0, 0.1) is 0 Å². The first-order valence-corrected chi connectivity index (χ1v) is 7.64. The molecule has 1 atom stereocenters. The Bertz CT molecular complexity index is 709. The molecule has 23 heavy (non-hydrogen) atoms. The lowest BCUT2D eigenvalue weighted by Crippen LogP contribution is -2.51. The number of para-hydroxylation sites is 1. The van der Waals surface area contributed by atoms with Crippen LogP contribution >= 0.6 is 0 Å². The van der Waals surface area contributed by atoms with Crippen molar-refractivity contribution in [3.63, 3.8) is 0 Å². The molecule has 1 aliphatic rings. The second-order valence-corrected chi connectivity index (χ2v) is 6.07. The maximum atomic E-state index is 12.6. The molecule has 6 nitrogen and oxygen atoms in total. The number of hydrogen-bond donors (Lipinski definition) is 2. The van der Waals surface area contributed by atoms with Gasteiger partial charge in [-0.25, -0.2) is 4.79 Å². The highest BCUT2D eigenvalue weighted by Gasteiger charge is 2.41. The van der Waals surface area contributed by atoms with Gasteiger partial charge in [0.15, 0.2) is 5.60 Å². The number of fused-ring (bicyclic) bond motifs is 1. The number of carboxylic acid groups (broad SMARTS) is 1. The molecule has 0 radical (unpaired) electrons. The van der Waals surface area contributed by atoms with Crippen molar-refractivity contribution in [2.24, 2.45) is 0 Å². The van der Waals surface area contributed by atoms with Gasteiger partial charge in [0.2, 0.25) is 5.91 Å². The minimum Gasteiger partial charge on any atom is -0.479 e. The summed E-state index contributed by atoms with van der Waals surface area (Å²) < 4.78 is 5.73. The fourth-order valence-corrected chi connectivity index (χ4v) is 2.92. The maximum Gasteiger partial charge on any atom is 0.335 e. The van der Waals surface area contributed by atoms with Gasteiger partial charge >= 0.3 is 5.97 Å². The van der Waals surface area contributed by atoms with E-state index in [0.29, 0.717) is 5.76 Å². The van der Waals surface area contributed by atoms with Gasteiger partial charge in [0, 0.05) is 31.3 Å². The van der Waals surface area contributed by atoms with Gasteiger partial charge in [0.05, 0.1) is 5.92 Å². The predicted molar refractivity (Wildman–Crippen MR) is 83.0 cm³/mol. The van der Waals surface area contributed by atoms with Crippen LogP contribution in [0.4, 0.5) is 0 Å². The topological polar surface area (TPSA) is 91.0 Å². The van der Waals surface area contributed by atoms with Crippen molar-refractivity contribution < 1.29 is 24.2 Å². The van der Waals surface area contributed by atoms with Gasteiger partial charge in [-0.3, -0.25) is 4.79 Å². The Morgan fingerprint density at radius 3 is 2.52 bits per heavy atom. The van der Waals surface area contributed by atoms with Gasteiger partial charge in [0.25, 0.3) is 0 Å². The van der Waals surface area contributed by atoms with E-state index in [1.54, 1.807) is 11.8 Å². The fourth-order valence-electron chi connectivity index (χ4n) is 2.92. The van der Waals surface area contributed by atoms with Gasteiger partial charge in [-0.05, 0) is 19.1 Å². The van der Waals surface area contributed by atoms with Gasteiger partial charge < -0.3 is 19.5 Å². The van der Waals surface area contributed by atoms with E-state index in [9.17, 15) is 14.7 Å². The number of rotatable bonds is 3. The number of likely N-dealkylation sites (tertiary alicyclic amines) is 1. The van der Waals surface area contributed by atoms with Gasteiger partial charge in [0.1, 0.15) is 11.3 Å². The molecule has 0 aliphatic carbocycles. The van der Waals surface area contributed by atoms with E-state index < -0.39 is 17.5 Å². The number of piperidine rings is 1. The molecule has 0 spiro atoms. The summed E-state index contributed by atoms with van der Waals surface area (Å²) in [5.41, 5.74) is -0.986. The third kappa shape index (κ3) is 2.82. The van der Waals surface area contributed by atoms with Crippen LogP contribution in [0.3, 0.4) is 0 Å².